The van der Waals surface area contributed by atoms with Crippen LogP contribution in [-0.4, -0.2) is 119 Å². The Kier molecular flexibility index (Phi) is 18.5. The van der Waals surface area contributed by atoms with E-state index in [4.69, 9.17) is 5.73 Å². The Hall–Kier alpha value is 2.19. The number of urea groups is 1. The fraction of sp³-hybridized carbons (Fsp3) is 0.750. The van der Waals surface area contributed by atoms with Crippen molar-refractivity contribution in [2.24, 2.45) is 5.73 Å². The molecule has 12 heavy (non-hydrogen) atoms. The first-order valence-corrected chi connectivity index (χ1v) is 2.81. The number of nitrogens with one attached hydrogen (secondary N) is 2. The van der Waals surface area contributed by atoms with Crippen LogP contribution in [-0.2, 0) is 0 Å². The Bertz CT molecular complexity index is 119. The normalized spacial score (nSPS) is 15.0. The van der Waals surface area contributed by atoms with Gasteiger partial charge in [0.2, 0.25) is 0 Å². The van der Waals surface area contributed by atoms with E-state index in [-0.39, 0.29) is 88.7 Å². The second-order valence-corrected chi connectivity index (χ2v) is 1.90. The molecule has 2 amide bonds. The summed E-state index contributed by atoms with van der Waals surface area (Å²) in [7, 11) is 0. The maximum absolute atomic E-state index is 10.2. The van der Waals surface area contributed by atoms with Crippen LogP contribution in [0.3, 0.4) is 0 Å². The Morgan fingerprint density at radius 2 is 2.00 bits per heavy atom. The van der Waals surface area contributed by atoms with Crippen molar-refractivity contribution in [1.29, 1.82) is 0 Å². The first-order chi connectivity index (χ1) is 4.29. The molecule has 1 rings (SSSR count). The summed E-state index contributed by atoms with van der Waals surface area (Å²) in [6, 6.07) is -0.501. The number of hydrogen-bond acceptors (Lipinski definition) is 3. The van der Waals surface area contributed by atoms with Crippen LogP contribution in [0.4, 0.5) is 4.79 Å². The first kappa shape index (κ1) is 19.7. The van der Waals surface area contributed by atoms with Gasteiger partial charge < -0.3 is 11.1 Å². The molecular weight excluding hydrogens is 189 g/mol. The molecule has 0 radical (unpaired) electrons. The molecule has 1 heterocycles. The zero-order valence-corrected chi connectivity index (χ0v) is 5.05. The zero-order chi connectivity index (χ0) is 6.69. The summed E-state index contributed by atoms with van der Waals surface area (Å²) in [6.45, 7) is 2.41. The molecule has 1 aliphatic rings. The Balaban J connectivity index is -0.000000270. The van der Waals surface area contributed by atoms with Gasteiger partial charge in [0.05, 0.1) is 6.67 Å². The average molecular weight is 202 g/mol. The molecule has 0 aromatic rings. The summed E-state index contributed by atoms with van der Waals surface area (Å²) < 4.78 is 0. The van der Waals surface area contributed by atoms with Crippen molar-refractivity contribution in [3.8, 4) is 0 Å². The van der Waals surface area contributed by atoms with Crippen LogP contribution in [0.2, 0.25) is 0 Å². The quantitative estimate of drug-likeness (QED) is 0.386. The molecule has 1 aliphatic heterocycles. The minimum atomic E-state index is -0.501. The molecule has 4 N–H and O–H groups in total. The van der Waals surface area contributed by atoms with E-state index in [1.54, 1.807) is 5.01 Å². The second-order valence-electron chi connectivity index (χ2n) is 1.90. The van der Waals surface area contributed by atoms with Crippen LogP contribution in [0.1, 0.15) is 0 Å². The minimum absolute atomic E-state index is 0. The van der Waals surface area contributed by atoms with Gasteiger partial charge in [-0.25, -0.2) is 9.80 Å². The monoisotopic (exact) mass is 202 g/mol. The van der Waals surface area contributed by atoms with Gasteiger partial charge in [-0.3, -0.25) is 5.43 Å². The number of nitrogens with zero attached hydrogens (tertiary/aromatic N) is 1. The van der Waals surface area contributed by atoms with Gasteiger partial charge >= 0.3 is 94.7 Å². The molecule has 0 aromatic carbocycles. The number of carbonyl (C=O) groups is 1. The number of rotatable bonds is 1. The fourth-order valence-corrected chi connectivity index (χ4v) is 0.758. The van der Waals surface area contributed by atoms with Crippen LogP contribution >= 0.6 is 0 Å². The number of carbonyl (C=O) groups excluding carboxylic acids is 1. The summed E-state index contributed by atoms with van der Waals surface area (Å²) in [5.41, 5.74) is 7.30. The van der Waals surface area contributed by atoms with Crippen LogP contribution in [0.5, 0.6) is 0 Å². The molecule has 0 aromatic heterocycles. The third-order valence-electron chi connectivity index (χ3n) is 1.13. The SMILES string of the molecule is NC(=O)NN1CCNC1.[NaH].[NaH].[NaH]. The summed E-state index contributed by atoms with van der Waals surface area (Å²) in [4.78, 5) is 10.2. The molecule has 8 heteroatoms. The van der Waals surface area contributed by atoms with E-state index >= 15 is 0 Å². The van der Waals surface area contributed by atoms with E-state index in [2.05, 4.69) is 10.7 Å². The molecule has 0 saturated carbocycles. The summed E-state index contributed by atoms with van der Waals surface area (Å²) in [5.74, 6) is 0. The average Bonchev–Trinajstić information content (AvgIpc) is 2.15. The zero-order valence-electron chi connectivity index (χ0n) is 5.05. The third-order valence-corrected chi connectivity index (χ3v) is 1.13. The Morgan fingerprint density at radius 1 is 1.42 bits per heavy atom. The van der Waals surface area contributed by atoms with Gasteiger partial charge in [-0.2, -0.15) is 0 Å². The van der Waals surface area contributed by atoms with Crippen molar-refractivity contribution in [2.45, 2.75) is 0 Å². The predicted molar refractivity (Wildman–Crippen MR) is 53.7 cm³/mol. The van der Waals surface area contributed by atoms with Gasteiger partial charge in [-0.15, -0.1) is 0 Å². The topological polar surface area (TPSA) is 70.4 Å². The van der Waals surface area contributed by atoms with E-state index in [1.807, 2.05) is 0 Å². The van der Waals surface area contributed by atoms with Crippen molar-refractivity contribution >= 4 is 94.7 Å². The molecular formula is C4H13N4Na3O. The van der Waals surface area contributed by atoms with Crippen LogP contribution in [0, 0.1) is 0 Å². The van der Waals surface area contributed by atoms with Gasteiger partial charge in [0.15, 0.2) is 0 Å². The Morgan fingerprint density at radius 3 is 2.33 bits per heavy atom. The number of amides is 2. The molecule has 0 spiro atoms. The number of primary amides is 1. The van der Waals surface area contributed by atoms with Crippen molar-refractivity contribution in [3.63, 3.8) is 0 Å². The van der Waals surface area contributed by atoms with Crippen molar-refractivity contribution in [1.82, 2.24) is 15.8 Å². The first-order valence-electron chi connectivity index (χ1n) is 2.81. The fourth-order valence-electron chi connectivity index (χ4n) is 0.758. The van der Waals surface area contributed by atoms with Gasteiger partial charge in [-0.1, -0.05) is 0 Å². The summed E-state index contributed by atoms with van der Waals surface area (Å²) in [6.07, 6.45) is 0. The number of hydrogen-bond donors (Lipinski definition) is 3. The molecule has 0 bridgehead atoms. The standard InChI is InChI=1S/C4H10N4O.3Na.3H/c5-4(9)7-8-2-1-6-3-8;;;;;;/h6H,1-3H2,(H3,5,7,9);;;;;;. The molecule has 58 valence electrons. The van der Waals surface area contributed by atoms with E-state index in [0.29, 0.717) is 6.67 Å². The van der Waals surface area contributed by atoms with Gasteiger partial charge in [0, 0.05) is 13.1 Å². The van der Waals surface area contributed by atoms with E-state index < -0.39 is 6.03 Å². The van der Waals surface area contributed by atoms with Gasteiger partial charge in [-0.05, 0) is 0 Å². The molecule has 0 aliphatic carbocycles. The van der Waals surface area contributed by atoms with E-state index in [1.165, 1.54) is 0 Å². The van der Waals surface area contributed by atoms with Gasteiger partial charge in [0.25, 0.3) is 0 Å². The van der Waals surface area contributed by atoms with Crippen LogP contribution in [0.15, 0.2) is 0 Å². The summed E-state index contributed by atoms with van der Waals surface area (Å²) >= 11 is 0. The molecule has 0 atom stereocenters. The molecule has 1 fully saturated rings. The second kappa shape index (κ2) is 11.3. The van der Waals surface area contributed by atoms with E-state index in [9.17, 15) is 4.79 Å². The van der Waals surface area contributed by atoms with Crippen molar-refractivity contribution < 1.29 is 4.79 Å². The Labute approximate surface area is 138 Å². The number of hydrazine groups is 1. The number of nitrogens with two attached hydrogens (primary N) is 1. The maximum atomic E-state index is 10.2. The molecule has 5 nitrogen and oxygen atoms in total. The van der Waals surface area contributed by atoms with Crippen molar-refractivity contribution in [2.75, 3.05) is 19.8 Å². The van der Waals surface area contributed by atoms with Gasteiger partial charge in [0.1, 0.15) is 0 Å². The van der Waals surface area contributed by atoms with Crippen LogP contribution < -0.4 is 16.5 Å². The predicted octanol–water partition coefficient (Wildman–Crippen LogP) is -3.51. The molecule has 0 unspecified atom stereocenters. The summed E-state index contributed by atoms with van der Waals surface area (Å²) in [5, 5.41) is 4.76. The van der Waals surface area contributed by atoms with E-state index in [0.717, 1.165) is 13.1 Å². The van der Waals surface area contributed by atoms with Crippen molar-refractivity contribution in [3.05, 3.63) is 0 Å². The third kappa shape index (κ3) is 8.77. The van der Waals surface area contributed by atoms with Crippen LogP contribution in [0.25, 0.3) is 0 Å². The molecule has 1 saturated heterocycles.